The van der Waals surface area contributed by atoms with E-state index in [9.17, 15) is 8.78 Å². The van der Waals surface area contributed by atoms with Crippen molar-refractivity contribution in [2.75, 3.05) is 0 Å². The Bertz CT molecular complexity index is 665. The predicted octanol–water partition coefficient (Wildman–Crippen LogP) is 3.89. The Balaban J connectivity index is 2.00. The third-order valence-corrected chi connectivity index (χ3v) is 3.58. The monoisotopic (exact) mass is 336 g/mol. The molecule has 0 amide bonds. The van der Waals surface area contributed by atoms with Crippen LogP contribution in [0.1, 0.15) is 16.7 Å². The Hall–Kier alpha value is -1.77. The lowest BCUT2D eigenvalue weighted by molar-refractivity contribution is 0.616. The molecule has 0 aromatic heterocycles. The topological polar surface area (TPSA) is 35.8 Å². The molecule has 2 aromatic carbocycles. The fourth-order valence-corrected chi connectivity index (χ4v) is 2.18. The summed E-state index contributed by atoms with van der Waals surface area (Å²) >= 11 is 3.35. The predicted molar refractivity (Wildman–Crippen MR) is 75.8 cm³/mol. The third-order valence-electron chi connectivity index (χ3n) is 2.80. The molecule has 0 aliphatic heterocycles. The molecule has 0 saturated carbocycles. The van der Waals surface area contributed by atoms with Crippen molar-refractivity contribution in [1.29, 1.82) is 5.26 Å². The molecule has 0 fully saturated rings. The van der Waals surface area contributed by atoms with E-state index in [0.717, 1.165) is 15.6 Å². The van der Waals surface area contributed by atoms with Crippen molar-refractivity contribution < 1.29 is 8.78 Å². The van der Waals surface area contributed by atoms with Gasteiger partial charge >= 0.3 is 0 Å². The van der Waals surface area contributed by atoms with Crippen molar-refractivity contribution in [2.45, 2.75) is 13.1 Å². The van der Waals surface area contributed by atoms with Crippen LogP contribution in [-0.2, 0) is 13.1 Å². The fraction of sp³-hybridized carbons (Fsp3) is 0.133. The lowest BCUT2D eigenvalue weighted by atomic mass is 10.1. The number of nitrogens with zero attached hydrogens (tertiary/aromatic N) is 1. The van der Waals surface area contributed by atoms with E-state index in [2.05, 4.69) is 21.2 Å². The molecular weight excluding hydrogens is 326 g/mol. The van der Waals surface area contributed by atoms with Gasteiger partial charge in [-0.05, 0) is 41.5 Å². The summed E-state index contributed by atoms with van der Waals surface area (Å²) in [5.41, 5.74) is 1.62. The summed E-state index contributed by atoms with van der Waals surface area (Å²) in [6.07, 6.45) is 0. The summed E-state index contributed by atoms with van der Waals surface area (Å²) in [6.45, 7) is 0.940. The zero-order chi connectivity index (χ0) is 14.5. The Kier molecular flexibility index (Phi) is 4.83. The Morgan fingerprint density at radius 1 is 1.10 bits per heavy atom. The molecule has 0 aliphatic rings. The van der Waals surface area contributed by atoms with Gasteiger partial charge < -0.3 is 5.32 Å². The first-order valence-electron chi connectivity index (χ1n) is 5.93. The molecule has 0 atom stereocenters. The molecule has 1 N–H and O–H groups in total. The van der Waals surface area contributed by atoms with Gasteiger partial charge in [-0.3, -0.25) is 0 Å². The van der Waals surface area contributed by atoms with Crippen LogP contribution in [0.4, 0.5) is 8.78 Å². The second-order valence-corrected chi connectivity index (χ2v) is 5.12. The first kappa shape index (κ1) is 14.6. The van der Waals surface area contributed by atoms with Gasteiger partial charge in [0, 0.05) is 17.6 Å². The minimum Gasteiger partial charge on any atom is -0.309 e. The summed E-state index contributed by atoms with van der Waals surface area (Å²) in [5.74, 6) is -0.817. The number of nitrogens with one attached hydrogen (secondary N) is 1. The maximum Gasteiger partial charge on any atom is 0.140 e. The summed E-state index contributed by atoms with van der Waals surface area (Å²) < 4.78 is 27.1. The molecule has 2 rings (SSSR count). The van der Waals surface area contributed by atoms with E-state index in [0.29, 0.717) is 13.1 Å². The zero-order valence-electron chi connectivity index (χ0n) is 10.5. The van der Waals surface area contributed by atoms with E-state index in [-0.39, 0.29) is 11.4 Å². The molecule has 2 aromatic rings. The molecule has 20 heavy (non-hydrogen) atoms. The maximum absolute atomic E-state index is 13.2. The highest BCUT2D eigenvalue weighted by molar-refractivity contribution is 9.10. The molecule has 2 nitrogen and oxygen atoms in total. The second kappa shape index (κ2) is 6.60. The van der Waals surface area contributed by atoms with E-state index in [4.69, 9.17) is 5.26 Å². The van der Waals surface area contributed by atoms with Crippen molar-refractivity contribution in [3.63, 3.8) is 0 Å². The minimum absolute atomic E-state index is 0.0243. The van der Waals surface area contributed by atoms with Crippen LogP contribution >= 0.6 is 15.9 Å². The van der Waals surface area contributed by atoms with E-state index >= 15 is 0 Å². The van der Waals surface area contributed by atoms with Crippen LogP contribution in [0, 0.1) is 23.0 Å². The molecule has 0 saturated heterocycles. The summed E-state index contributed by atoms with van der Waals surface area (Å²) in [4.78, 5) is 0. The number of nitriles is 1. The lowest BCUT2D eigenvalue weighted by Gasteiger charge is -2.08. The molecule has 0 unspecified atom stereocenters. The Morgan fingerprint density at radius 2 is 1.90 bits per heavy atom. The molecule has 0 heterocycles. The summed E-state index contributed by atoms with van der Waals surface area (Å²) in [6, 6.07) is 10.7. The van der Waals surface area contributed by atoms with Crippen LogP contribution in [0.2, 0.25) is 0 Å². The van der Waals surface area contributed by atoms with Crippen LogP contribution in [-0.4, -0.2) is 0 Å². The van der Waals surface area contributed by atoms with Gasteiger partial charge in [0.05, 0.1) is 5.56 Å². The van der Waals surface area contributed by atoms with Crippen molar-refractivity contribution in [2.24, 2.45) is 0 Å². The largest absolute Gasteiger partial charge is 0.309 e. The zero-order valence-corrected chi connectivity index (χ0v) is 12.0. The molecule has 0 bridgehead atoms. The number of hydrogen-bond donors (Lipinski definition) is 1. The van der Waals surface area contributed by atoms with E-state index in [1.165, 1.54) is 24.3 Å². The highest BCUT2D eigenvalue weighted by Crippen LogP contribution is 2.17. The van der Waals surface area contributed by atoms with Gasteiger partial charge in [0.1, 0.15) is 17.7 Å². The molecule has 0 aliphatic carbocycles. The lowest BCUT2D eigenvalue weighted by Crippen LogP contribution is -2.13. The summed E-state index contributed by atoms with van der Waals surface area (Å²) in [5, 5.41) is 11.9. The minimum atomic E-state index is -0.524. The van der Waals surface area contributed by atoms with E-state index in [1.807, 2.05) is 0 Å². The normalized spacial score (nSPS) is 10.3. The fourth-order valence-electron chi connectivity index (χ4n) is 1.79. The van der Waals surface area contributed by atoms with Gasteiger partial charge in [0.25, 0.3) is 0 Å². The average Bonchev–Trinajstić information content (AvgIpc) is 2.44. The smallest absolute Gasteiger partial charge is 0.140 e. The maximum atomic E-state index is 13.2. The van der Waals surface area contributed by atoms with E-state index in [1.54, 1.807) is 18.2 Å². The first-order valence-corrected chi connectivity index (χ1v) is 6.72. The highest BCUT2D eigenvalue weighted by atomic mass is 79.9. The van der Waals surface area contributed by atoms with Crippen molar-refractivity contribution >= 4 is 15.9 Å². The van der Waals surface area contributed by atoms with Gasteiger partial charge in [-0.1, -0.05) is 22.0 Å². The third kappa shape index (κ3) is 3.62. The second-order valence-electron chi connectivity index (χ2n) is 4.27. The van der Waals surface area contributed by atoms with Crippen LogP contribution in [0.5, 0.6) is 0 Å². The number of halogens is 3. The summed E-state index contributed by atoms with van der Waals surface area (Å²) in [7, 11) is 0. The van der Waals surface area contributed by atoms with Crippen molar-refractivity contribution in [3.8, 4) is 6.07 Å². The van der Waals surface area contributed by atoms with Crippen LogP contribution in [0.15, 0.2) is 40.9 Å². The van der Waals surface area contributed by atoms with Crippen molar-refractivity contribution in [1.82, 2.24) is 5.32 Å². The SMILES string of the molecule is N#Cc1cc(CNCc2cc(F)ccc2Br)ccc1F. The molecule has 0 spiro atoms. The average molecular weight is 337 g/mol. The molecule has 5 heteroatoms. The Morgan fingerprint density at radius 3 is 2.65 bits per heavy atom. The van der Waals surface area contributed by atoms with Gasteiger partial charge in [0.15, 0.2) is 0 Å². The first-order chi connectivity index (χ1) is 9.60. The van der Waals surface area contributed by atoms with Crippen molar-refractivity contribution in [3.05, 3.63) is 69.2 Å². The number of hydrogen-bond acceptors (Lipinski definition) is 2. The molecular formula is C15H11BrF2N2. The highest BCUT2D eigenvalue weighted by Gasteiger charge is 2.04. The number of benzene rings is 2. The van der Waals surface area contributed by atoms with Gasteiger partial charge in [0.2, 0.25) is 0 Å². The Labute approximate surface area is 124 Å². The van der Waals surface area contributed by atoms with Crippen LogP contribution in [0.25, 0.3) is 0 Å². The molecule has 0 radical (unpaired) electrons. The van der Waals surface area contributed by atoms with Crippen LogP contribution in [0.3, 0.4) is 0 Å². The van der Waals surface area contributed by atoms with Gasteiger partial charge in [-0.2, -0.15) is 5.26 Å². The van der Waals surface area contributed by atoms with Gasteiger partial charge in [-0.25, -0.2) is 8.78 Å². The van der Waals surface area contributed by atoms with Gasteiger partial charge in [-0.15, -0.1) is 0 Å². The van der Waals surface area contributed by atoms with Crippen LogP contribution < -0.4 is 5.32 Å². The van der Waals surface area contributed by atoms with E-state index < -0.39 is 5.82 Å². The molecule has 102 valence electrons. The number of rotatable bonds is 4. The quantitative estimate of drug-likeness (QED) is 0.919. The standard InChI is InChI=1S/C15H11BrF2N2/c16-14-3-2-13(17)6-12(14)9-20-8-10-1-4-15(18)11(5-10)7-19/h1-6,20H,8-9H2.